The van der Waals surface area contributed by atoms with Crippen molar-refractivity contribution in [3.8, 4) is 0 Å². The van der Waals surface area contributed by atoms with Gasteiger partial charge in [-0.05, 0) is 28.1 Å². The third kappa shape index (κ3) is 3.36. The zero-order chi connectivity index (χ0) is 13.7. The maximum Gasteiger partial charge on any atom is 0.340 e. The van der Waals surface area contributed by atoms with Crippen molar-refractivity contribution in [1.82, 2.24) is 5.32 Å². The number of methoxy groups -OCH3 is 1. The van der Waals surface area contributed by atoms with Crippen LogP contribution in [0, 0.1) is 0 Å². The Kier molecular flexibility index (Phi) is 4.96. The van der Waals surface area contributed by atoms with Crippen LogP contribution in [0.1, 0.15) is 10.4 Å². The van der Waals surface area contributed by atoms with E-state index in [4.69, 9.17) is 5.73 Å². The Labute approximate surface area is 113 Å². The van der Waals surface area contributed by atoms with Gasteiger partial charge in [-0.2, -0.15) is 0 Å². The quantitative estimate of drug-likeness (QED) is 0.569. The van der Waals surface area contributed by atoms with E-state index in [0.717, 1.165) is 0 Å². The van der Waals surface area contributed by atoms with Crippen LogP contribution in [-0.4, -0.2) is 32.6 Å². The largest absolute Gasteiger partial charge is 0.465 e. The van der Waals surface area contributed by atoms with Crippen LogP contribution in [0.25, 0.3) is 0 Å². The number of esters is 1. The lowest BCUT2D eigenvalue weighted by Gasteiger charge is -2.11. The Hall–Kier alpha value is -1.76. The molecule has 0 fully saturated rings. The first-order valence-electron chi connectivity index (χ1n) is 5.11. The highest BCUT2D eigenvalue weighted by molar-refractivity contribution is 9.10. The standard InChI is InChI=1S/C11H14BrN3O3/c1-14-10(16)5-15-9-3-6(11(17)18-2)8(13)4-7(9)12/h3-4,15H,5,13H2,1-2H3,(H,14,16). The van der Waals surface area contributed by atoms with Gasteiger partial charge in [0.05, 0.1) is 19.2 Å². The van der Waals surface area contributed by atoms with E-state index in [2.05, 4.69) is 31.3 Å². The molecule has 4 N–H and O–H groups in total. The number of carbonyl (C=O) groups excluding carboxylic acids is 2. The second-order valence-electron chi connectivity index (χ2n) is 3.44. The number of carbonyl (C=O) groups is 2. The van der Waals surface area contributed by atoms with E-state index in [1.165, 1.54) is 13.2 Å². The minimum absolute atomic E-state index is 0.0969. The molecule has 1 aromatic rings. The van der Waals surface area contributed by atoms with Gasteiger partial charge in [0.15, 0.2) is 0 Å². The van der Waals surface area contributed by atoms with Crippen molar-refractivity contribution in [3.05, 3.63) is 22.2 Å². The molecule has 1 amide bonds. The molecular formula is C11H14BrN3O3. The minimum Gasteiger partial charge on any atom is -0.465 e. The number of hydrogen-bond acceptors (Lipinski definition) is 5. The molecule has 0 unspecified atom stereocenters. The Morgan fingerprint density at radius 3 is 2.67 bits per heavy atom. The van der Waals surface area contributed by atoms with Crippen molar-refractivity contribution in [2.24, 2.45) is 0 Å². The molecule has 98 valence electrons. The van der Waals surface area contributed by atoms with Gasteiger partial charge in [0.2, 0.25) is 5.91 Å². The number of benzene rings is 1. The predicted molar refractivity (Wildman–Crippen MR) is 72.5 cm³/mol. The van der Waals surface area contributed by atoms with Gasteiger partial charge in [0, 0.05) is 22.9 Å². The summed E-state index contributed by atoms with van der Waals surface area (Å²) in [5.41, 5.74) is 6.86. The number of nitrogens with one attached hydrogen (secondary N) is 2. The zero-order valence-corrected chi connectivity index (χ0v) is 11.6. The maximum absolute atomic E-state index is 11.5. The number of nitrogens with two attached hydrogens (primary N) is 1. The number of likely N-dealkylation sites (N-methyl/N-ethyl adjacent to an activating group) is 1. The summed E-state index contributed by atoms with van der Waals surface area (Å²) in [6.07, 6.45) is 0. The fourth-order valence-corrected chi connectivity index (χ4v) is 1.78. The van der Waals surface area contributed by atoms with Crippen LogP contribution in [0.4, 0.5) is 11.4 Å². The molecule has 0 aliphatic rings. The molecule has 0 bridgehead atoms. The summed E-state index contributed by atoms with van der Waals surface area (Å²) < 4.78 is 5.28. The van der Waals surface area contributed by atoms with Crippen LogP contribution in [0.15, 0.2) is 16.6 Å². The average Bonchev–Trinajstić information content (AvgIpc) is 2.36. The highest BCUT2D eigenvalue weighted by atomic mass is 79.9. The van der Waals surface area contributed by atoms with Gasteiger partial charge in [0.1, 0.15) is 0 Å². The first-order chi connectivity index (χ1) is 8.49. The molecule has 0 aliphatic heterocycles. The van der Waals surface area contributed by atoms with Gasteiger partial charge in [0.25, 0.3) is 0 Å². The lowest BCUT2D eigenvalue weighted by Crippen LogP contribution is -2.26. The van der Waals surface area contributed by atoms with Crippen LogP contribution >= 0.6 is 15.9 Å². The van der Waals surface area contributed by atoms with Crippen molar-refractivity contribution >= 4 is 39.2 Å². The predicted octanol–water partition coefficient (Wildman–Crippen LogP) is 0.976. The van der Waals surface area contributed by atoms with Crippen LogP contribution in [0.5, 0.6) is 0 Å². The first-order valence-corrected chi connectivity index (χ1v) is 5.90. The summed E-state index contributed by atoms with van der Waals surface area (Å²) in [6.45, 7) is 0.0969. The summed E-state index contributed by atoms with van der Waals surface area (Å²) in [5.74, 6) is -0.693. The van der Waals surface area contributed by atoms with Crippen molar-refractivity contribution in [3.63, 3.8) is 0 Å². The normalized spacial score (nSPS) is 9.72. The van der Waals surface area contributed by atoms with Crippen LogP contribution in [0.3, 0.4) is 0 Å². The Bertz CT molecular complexity index is 477. The molecule has 0 aliphatic carbocycles. The Balaban J connectivity index is 2.98. The monoisotopic (exact) mass is 315 g/mol. The number of hydrogen-bond donors (Lipinski definition) is 3. The van der Waals surface area contributed by atoms with E-state index in [-0.39, 0.29) is 18.0 Å². The highest BCUT2D eigenvalue weighted by Crippen LogP contribution is 2.28. The second kappa shape index (κ2) is 6.25. The molecular weight excluding hydrogens is 302 g/mol. The van der Waals surface area contributed by atoms with Crippen LogP contribution in [-0.2, 0) is 9.53 Å². The zero-order valence-electron chi connectivity index (χ0n) is 10.0. The fourth-order valence-electron chi connectivity index (χ4n) is 1.27. The SMILES string of the molecule is CNC(=O)CNc1cc(C(=O)OC)c(N)cc1Br. The third-order valence-electron chi connectivity index (χ3n) is 2.26. The van der Waals surface area contributed by atoms with Gasteiger partial charge >= 0.3 is 5.97 Å². The second-order valence-corrected chi connectivity index (χ2v) is 4.29. The summed E-state index contributed by atoms with van der Waals surface area (Å²) in [5, 5.41) is 5.37. The minimum atomic E-state index is -0.525. The molecule has 1 rings (SSSR count). The smallest absolute Gasteiger partial charge is 0.340 e. The number of nitrogen functional groups attached to an aromatic ring is 1. The van der Waals surface area contributed by atoms with E-state index in [1.54, 1.807) is 13.1 Å². The van der Waals surface area contributed by atoms with E-state index in [1.807, 2.05) is 0 Å². The molecule has 0 radical (unpaired) electrons. The van der Waals surface area contributed by atoms with Crippen LogP contribution in [0.2, 0.25) is 0 Å². The van der Waals surface area contributed by atoms with E-state index < -0.39 is 5.97 Å². The van der Waals surface area contributed by atoms with Gasteiger partial charge < -0.3 is 21.1 Å². The Morgan fingerprint density at radius 2 is 2.11 bits per heavy atom. The number of rotatable bonds is 4. The van der Waals surface area contributed by atoms with E-state index in [9.17, 15) is 9.59 Å². The molecule has 6 nitrogen and oxygen atoms in total. The number of anilines is 2. The topological polar surface area (TPSA) is 93.5 Å². The third-order valence-corrected chi connectivity index (χ3v) is 2.92. The highest BCUT2D eigenvalue weighted by Gasteiger charge is 2.13. The molecule has 0 atom stereocenters. The molecule has 1 aromatic carbocycles. The molecule has 0 spiro atoms. The molecule has 7 heteroatoms. The molecule has 0 saturated heterocycles. The van der Waals surface area contributed by atoms with Gasteiger partial charge in [-0.1, -0.05) is 0 Å². The number of halogens is 1. The summed E-state index contributed by atoms with van der Waals surface area (Å²) >= 11 is 3.30. The fraction of sp³-hybridized carbons (Fsp3) is 0.273. The van der Waals surface area contributed by atoms with Crippen molar-refractivity contribution in [2.75, 3.05) is 31.8 Å². The average molecular weight is 316 g/mol. The number of amides is 1. The van der Waals surface area contributed by atoms with E-state index in [0.29, 0.717) is 15.8 Å². The van der Waals surface area contributed by atoms with Gasteiger partial charge in [-0.25, -0.2) is 4.79 Å². The summed E-state index contributed by atoms with van der Waals surface area (Å²) in [6, 6.07) is 3.12. The van der Waals surface area contributed by atoms with E-state index >= 15 is 0 Å². The van der Waals surface area contributed by atoms with Crippen LogP contribution < -0.4 is 16.4 Å². The van der Waals surface area contributed by atoms with Crippen molar-refractivity contribution in [1.29, 1.82) is 0 Å². The number of ether oxygens (including phenoxy) is 1. The maximum atomic E-state index is 11.5. The lowest BCUT2D eigenvalue weighted by molar-refractivity contribution is -0.118. The lowest BCUT2D eigenvalue weighted by atomic mass is 10.1. The van der Waals surface area contributed by atoms with Crippen molar-refractivity contribution < 1.29 is 14.3 Å². The first kappa shape index (κ1) is 14.3. The molecule has 18 heavy (non-hydrogen) atoms. The van der Waals surface area contributed by atoms with Gasteiger partial charge in [-0.3, -0.25) is 4.79 Å². The molecule has 0 aromatic heterocycles. The summed E-state index contributed by atoms with van der Waals surface area (Å²) in [4.78, 5) is 22.6. The summed E-state index contributed by atoms with van der Waals surface area (Å²) in [7, 11) is 2.82. The molecule has 0 saturated carbocycles. The van der Waals surface area contributed by atoms with Gasteiger partial charge in [-0.15, -0.1) is 0 Å². The Morgan fingerprint density at radius 1 is 1.44 bits per heavy atom. The molecule has 0 heterocycles. The van der Waals surface area contributed by atoms with Crippen molar-refractivity contribution in [2.45, 2.75) is 0 Å².